The predicted octanol–water partition coefficient (Wildman–Crippen LogP) is 2.47. The van der Waals surface area contributed by atoms with E-state index >= 15 is 0 Å². The average molecular weight is 277 g/mol. The molecule has 0 amide bonds. The molecule has 0 spiro atoms. The molecule has 0 N–H and O–H groups in total. The maximum atomic E-state index is 12.4. The number of benzene rings is 1. The molecule has 3 nitrogen and oxygen atoms in total. The first-order chi connectivity index (χ1) is 8.16. The lowest BCUT2D eigenvalue weighted by Crippen LogP contribution is -2.28. The summed E-state index contributed by atoms with van der Waals surface area (Å²) >= 11 is 0. The number of halogens is 3. The summed E-state index contributed by atoms with van der Waals surface area (Å²) < 4.78 is 60.6. The molecule has 1 aromatic rings. The molecule has 0 aliphatic heterocycles. The predicted molar refractivity (Wildman–Crippen MR) is 58.4 cm³/mol. The number of nitrogens with zero attached hydrogens (tertiary/aromatic N) is 1. The molecule has 0 aromatic heterocycles. The number of nitriles is 1. The molecule has 1 atom stereocenters. The van der Waals surface area contributed by atoms with Crippen molar-refractivity contribution in [2.75, 3.05) is 5.75 Å². The molecule has 7 heteroatoms. The van der Waals surface area contributed by atoms with Crippen molar-refractivity contribution in [2.45, 2.75) is 18.0 Å². The van der Waals surface area contributed by atoms with Gasteiger partial charge in [0.2, 0.25) is 0 Å². The van der Waals surface area contributed by atoms with Crippen LogP contribution in [0.25, 0.3) is 0 Å². The van der Waals surface area contributed by atoms with E-state index in [0.717, 1.165) is 6.07 Å². The second kappa shape index (κ2) is 4.98. The molecular formula is C11H10F3NO2S. The Balaban J connectivity index is 3.07. The summed E-state index contributed by atoms with van der Waals surface area (Å²) in [7, 11) is -4.12. The summed E-state index contributed by atoms with van der Waals surface area (Å²) in [4.78, 5) is -0.202. The Morgan fingerprint density at radius 2 is 2.00 bits per heavy atom. The Morgan fingerprint density at radius 3 is 2.44 bits per heavy atom. The Bertz CT molecular complexity index is 573. The van der Waals surface area contributed by atoms with Crippen LogP contribution in [-0.4, -0.2) is 20.3 Å². The van der Waals surface area contributed by atoms with E-state index < -0.39 is 27.7 Å². The second-order valence-corrected chi connectivity index (χ2v) is 5.86. The second-order valence-electron chi connectivity index (χ2n) is 3.82. The molecule has 0 bridgehead atoms. The number of sulfone groups is 1. The summed E-state index contributed by atoms with van der Waals surface area (Å²) in [5, 5.41) is 8.39. The summed E-state index contributed by atoms with van der Waals surface area (Å²) in [6.07, 6.45) is -4.84. The minimum Gasteiger partial charge on any atom is -0.224 e. The zero-order valence-electron chi connectivity index (χ0n) is 9.40. The van der Waals surface area contributed by atoms with E-state index in [1.54, 1.807) is 13.0 Å². The van der Waals surface area contributed by atoms with Crippen LogP contribution in [0.15, 0.2) is 29.2 Å². The topological polar surface area (TPSA) is 57.9 Å². The third-order valence-electron chi connectivity index (χ3n) is 2.29. The normalized spacial score (nSPS) is 13.9. The smallest absolute Gasteiger partial charge is 0.224 e. The van der Waals surface area contributed by atoms with Gasteiger partial charge in [-0.05, 0) is 24.6 Å². The molecule has 1 unspecified atom stereocenters. The van der Waals surface area contributed by atoms with E-state index in [4.69, 9.17) is 5.26 Å². The molecule has 1 rings (SSSR count). The molecule has 0 aliphatic rings. The fourth-order valence-corrected chi connectivity index (χ4v) is 2.88. The van der Waals surface area contributed by atoms with Crippen molar-refractivity contribution < 1.29 is 21.6 Å². The van der Waals surface area contributed by atoms with Gasteiger partial charge in [-0.3, -0.25) is 0 Å². The molecular weight excluding hydrogens is 267 g/mol. The summed E-state index contributed by atoms with van der Waals surface area (Å²) in [6.45, 7) is 1.63. The first-order valence-corrected chi connectivity index (χ1v) is 6.58. The molecule has 0 aliphatic carbocycles. The maximum absolute atomic E-state index is 12.4. The number of hydrogen-bond acceptors (Lipinski definition) is 3. The van der Waals surface area contributed by atoms with Gasteiger partial charge < -0.3 is 0 Å². The van der Waals surface area contributed by atoms with Crippen LogP contribution in [0.2, 0.25) is 0 Å². The molecule has 0 heterocycles. The van der Waals surface area contributed by atoms with Gasteiger partial charge in [-0.2, -0.15) is 18.4 Å². The zero-order chi connectivity index (χ0) is 14.0. The van der Waals surface area contributed by atoms with Crippen LogP contribution in [-0.2, 0) is 9.84 Å². The first-order valence-electron chi connectivity index (χ1n) is 4.92. The van der Waals surface area contributed by atoms with Crippen LogP contribution in [0, 0.1) is 24.2 Å². The highest BCUT2D eigenvalue weighted by atomic mass is 32.2. The largest absolute Gasteiger partial charge is 0.405 e. The van der Waals surface area contributed by atoms with Gasteiger partial charge in [0, 0.05) is 0 Å². The van der Waals surface area contributed by atoms with Crippen molar-refractivity contribution in [1.82, 2.24) is 0 Å². The standard InChI is InChI=1S/C11H10F3NO2S/c1-8-3-2-4-10(5-8)18(16,17)7-9(6-15)11(12,13)14/h2-5,9H,7H2,1H3. The van der Waals surface area contributed by atoms with Crippen molar-refractivity contribution in [3.8, 4) is 6.07 Å². The van der Waals surface area contributed by atoms with Crippen molar-refractivity contribution in [1.29, 1.82) is 5.26 Å². The lowest BCUT2D eigenvalue weighted by atomic mass is 10.2. The third kappa shape index (κ3) is 3.47. The van der Waals surface area contributed by atoms with E-state index in [1.165, 1.54) is 18.2 Å². The minimum absolute atomic E-state index is 0.202. The van der Waals surface area contributed by atoms with Crippen LogP contribution in [0.3, 0.4) is 0 Å². The number of hydrogen-bond donors (Lipinski definition) is 0. The lowest BCUT2D eigenvalue weighted by molar-refractivity contribution is -0.153. The van der Waals surface area contributed by atoms with E-state index in [2.05, 4.69) is 0 Å². The molecule has 98 valence electrons. The molecule has 1 aromatic carbocycles. The van der Waals surface area contributed by atoms with Gasteiger partial charge in [-0.15, -0.1) is 0 Å². The average Bonchev–Trinajstić information content (AvgIpc) is 2.24. The molecule has 0 saturated carbocycles. The molecule has 0 radical (unpaired) electrons. The van der Waals surface area contributed by atoms with E-state index in [1.807, 2.05) is 0 Å². The Labute approximate surface area is 103 Å². The van der Waals surface area contributed by atoms with Gasteiger partial charge in [0.25, 0.3) is 0 Å². The van der Waals surface area contributed by atoms with E-state index in [-0.39, 0.29) is 4.90 Å². The Kier molecular flexibility index (Phi) is 4.02. The summed E-state index contributed by atoms with van der Waals surface area (Å²) in [5.74, 6) is -3.76. The molecule has 0 saturated heterocycles. The Morgan fingerprint density at radius 1 is 1.39 bits per heavy atom. The minimum atomic E-state index is -4.84. The van der Waals surface area contributed by atoms with E-state index in [0.29, 0.717) is 5.56 Å². The molecule has 0 fully saturated rings. The lowest BCUT2D eigenvalue weighted by Gasteiger charge is -2.13. The van der Waals surface area contributed by atoms with Gasteiger partial charge in [0.05, 0.1) is 16.7 Å². The van der Waals surface area contributed by atoms with Crippen LogP contribution in [0.5, 0.6) is 0 Å². The first kappa shape index (κ1) is 14.5. The number of alkyl halides is 3. The highest BCUT2D eigenvalue weighted by molar-refractivity contribution is 7.91. The van der Waals surface area contributed by atoms with Crippen molar-refractivity contribution in [2.24, 2.45) is 5.92 Å². The monoisotopic (exact) mass is 277 g/mol. The fraction of sp³-hybridized carbons (Fsp3) is 0.364. The highest BCUT2D eigenvalue weighted by Crippen LogP contribution is 2.28. The maximum Gasteiger partial charge on any atom is 0.405 e. The van der Waals surface area contributed by atoms with Gasteiger partial charge in [0.1, 0.15) is 0 Å². The zero-order valence-corrected chi connectivity index (χ0v) is 10.2. The van der Waals surface area contributed by atoms with Crippen LogP contribution in [0.1, 0.15) is 5.56 Å². The quantitative estimate of drug-likeness (QED) is 0.852. The van der Waals surface area contributed by atoms with Gasteiger partial charge in [-0.25, -0.2) is 8.42 Å². The third-order valence-corrected chi connectivity index (χ3v) is 4.03. The van der Waals surface area contributed by atoms with Crippen LogP contribution >= 0.6 is 0 Å². The van der Waals surface area contributed by atoms with Crippen molar-refractivity contribution in [3.05, 3.63) is 29.8 Å². The highest BCUT2D eigenvalue weighted by Gasteiger charge is 2.43. The van der Waals surface area contributed by atoms with Crippen LogP contribution in [0.4, 0.5) is 13.2 Å². The summed E-state index contributed by atoms with van der Waals surface area (Å²) in [6, 6.07) is 6.54. The van der Waals surface area contributed by atoms with Crippen molar-refractivity contribution in [3.63, 3.8) is 0 Å². The van der Waals surface area contributed by atoms with Gasteiger partial charge >= 0.3 is 6.18 Å². The van der Waals surface area contributed by atoms with Crippen molar-refractivity contribution >= 4 is 9.84 Å². The molecule has 18 heavy (non-hydrogen) atoms. The van der Waals surface area contributed by atoms with Gasteiger partial charge in [0.15, 0.2) is 15.8 Å². The fourth-order valence-electron chi connectivity index (χ4n) is 1.33. The Hall–Kier alpha value is -1.55. The number of rotatable bonds is 3. The SMILES string of the molecule is Cc1cccc(S(=O)(=O)CC(C#N)C(F)(F)F)c1. The van der Waals surface area contributed by atoms with Gasteiger partial charge in [-0.1, -0.05) is 12.1 Å². The van der Waals surface area contributed by atoms with E-state index in [9.17, 15) is 21.6 Å². The summed E-state index contributed by atoms with van der Waals surface area (Å²) in [5.41, 5.74) is 0.622. The number of aryl methyl sites for hydroxylation is 1. The van der Waals surface area contributed by atoms with Crippen LogP contribution < -0.4 is 0 Å².